The number of halogens is 3. The fourth-order valence-corrected chi connectivity index (χ4v) is 4.42. The van der Waals surface area contributed by atoms with Crippen LogP contribution in [-0.2, 0) is 0 Å². The highest BCUT2D eigenvalue weighted by atomic mass is 35.6. The number of benzene rings is 3. The van der Waals surface area contributed by atoms with E-state index < -0.39 is 27.7 Å². The maximum absolute atomic E-state index is 13.0. The Kier molecular flexibility index (Phi) is 8.51. The van der Waals surface area contributed by atoms with Crippen LogP contribution in [0.5, 0.6) is 11.5 Å². The van der Waals surface area contributed by atoms with E-state index in [0.29, 0.717) is 28.3 Å². The second kappa shape index (κ2) is 11.7. The third kappa shape index (κ3) is 6.04. The van der Waals surface area contributed by atoms with E-state index in [1.807, 2.05) is 0 Å². The van der Waals surface area contributed by atoms with E-state index in [9.17, 15) is 14.4 Å². The Balaban J connectivity index is 1.52. The fraction of sp³-hybridized carbons (Fsp3) is 0.154. The number of hydrogen-bond acceptors (Lipinski definition) is 6. The first-order valence-corrected chi connectivity index (χ1v) is 12.8. The summed E-state index contributed by atoms with van der Waals surface area (Å²) in [4.78, 5) is 40.0. The number of carbonyl (C=O) groups is 3. The zero-order chi connectivity index (χ0) is 28.3. The van der Waals surface area contributed by atoms with Crippen LogP contribution < -0.4 is 30.3 Å². The summed E-state index contributed by atoms with van der Waals surface area (Å²) < 4.78 is 8.40. The van der Waals surface area contributed by atoms with Gasteiger partial charge in [0.25, 0.3) is 17.7 Å². The number of alkyl halides is 3. The Labute approximate surface area is 244 Å². The molecule has 3 aromatic carbocycles. The number of methoxy groups -OCH3 is 2. The molecule has 0 fully saturated rings. The van der Waals surface area contributed by atoms with Gasteiger partial charge in [0.15, 0.2) is 16.6 Å². The van der Waals surface area contributed by atoms with Gasteiger partial charge >= 0.3 is 0 Å². The Morgan fingerprint density at radius 2 is 1.46 bits per heavy atom. The van der Waals surface area contributed by atoms with Crippen molar-refractivity contribution >= 4 is 81.2 Å². The monoisotopic (exact) mass is 606 g/mol. The average molecular weight is 608 g/mol. The predicted octanol–water partition coefficient (Wildman–Crippen LogP) is 4.92. The fourth-order valence-electron chi connectivity index (χ4n) is 3.86. The van der Waals surface area contributed by atoms with Gasteiger partial charge in [-0.15, -0.1) is 0 Å². The summed E-state index contributed by atoms with van der Waals surface area (Å²) >= 11 is 23.8. The molecule has 1 aliphatic heterocycles. The van der Waals surface area contributed by atoms with Crippen LogP contribution in [0.15, 0.2) is 66.7 Å². The average Bonchev–Trinajstić information content (AvgIpc) is 3.17. The first kappa shape index (κ1) is 28.4. The molecule has 0 radical (unpaired) electrons. The van der Waals surface area contributed by atoms with Crippen LogP contribution >= 0.6 is 47.0 Å². The number of hydrogen-bond donors (Lipinski definition) is 3. The summed E-state index contributed by atoms with van der Waals surface area (Å²) in [6.07, 6.45) is -1.28. The zero-order valence-corrected chi connectivity index (χ0v) is 23.5. The van der Waals surface area contributed by atoms with Gasteiger partial charge < -0.3 is 25.4 Å². The number of amides is 3. The largest absolute Gasteiger partial charge is 0.493 e. The van der Waals surface area contributed by atoms with Gasteiger partial charge in [-0.3, -0.25) is 14.4 Å². The summed E-state index contributed by atoms with van der Waals surface area (Å²) in [5.41, 5.74) is 1.41. The van der Waals surface area contributed by atoms with Gasteiger partial charge in [0.2, 0.25) is 3.79 Å². The summed E-state index contributed by atoms with van der Waals surface area (Å²) in [5, 5.41) is 8.21. The molecule has 4 rings (SSSR count). The molecule has 1 atom stereocenters. The molecule has 0 saturated carbocycles. The van der Waals surface area contributed by atoms with Crippen molar-refractivity contribution in [1.29, 1.82) is 0 Å². The lowest BCUT2D eigenvalue weighted by Crippen LogP contribution is -2.56. The van der Waals surface area contributed by atoms with Gasteiger partial charge in [-0.1, -0.05) is 59.1 Å². The summed E-state index contributed by atoms with van der Waals surface area (Å²) in [6, 6.07) is 17.7. The minimum absolute atomic E-state index is 0.0528. The van der Waals surface area contributed by atoms with Crippen molar-refractivity contribution in [1.82, 2.24) is 10.6 Å². The second-order valence-electron chi connectivity index (χ2n) is 8.12. The first-order chi connectivity index (χ1) is 18.5. The van der Waals surface area contributed by atoms with E-state index in [4.69, 9.17) is 56.5 Å². The lowest BCUT2D eigenvalue weighted by atomic mass is 10.1. The Morgan fingerprint density at radius 1 is 0.872 bits per heavy atom. The number of anilines is 2. The molecule has 39 heavy (non-hydrogen) atoms. The standard InChI is InChI=1S/C26H21Cl3N4O5S/c1-37-19-12-11-14(13-20(19)38-2)21(34)31-24(26(27,28)29)32-25(39)30-17-9-5-6-10-18(17)33-22(35)15-7-3-4-8-16(15)23(33)36/h3-13,24H,1-2H3,(H,31,34)(H2,30,32,39). The van der Waals surface area contributed by atoms with E-state index in [-0.39, 0.29) is 16.4 Å². The van der Waals surface area contributed by atoms with Crippen LogP contribution in [0.4, 0.5) is 11.4 Å². The highest BCUT2D eigenvalue weighted by Crippen LogP contribution is 2.34. The van der Waals surface area contributed by atoms with Crippen molar-refractivity contribution in [2.45, 2.75) is 9.96 Å². The molecular weight excluding hydrogens is 587 g/mol. The Hall–Kier alpha value is -3.57. The summed E-state index contributed by atoms with van der Waals surface area (Å²) in [5.74, 6) is -0.748. The summed E-state index contributed by atoms with van der Waals surface area (Å²) in [6.45, 7) is 0. The van der Waals surface area contributed by atoms with Crippen LogP contribution in [0.1, 0.15) is 31.1 Å². The molecule has 3 N–H and O–H groups in total. The lowest BCUT2D eigenvalue weighted by Gasteiger charge is -2.28. The molecule has 202 valence electrons. The normalized spacial score (nSPS) is 13.4. The molecule has 0 aliphatic carbocycles. The minimum Gasteiger partial charge on any atom is -0.493 e. The van der Waals surface area contributed by atoms with Gasteiger partial charge in [-0.25, -0.2) is 4.90 Å². The van der Waals surface area contributed by atoms with Crippen LogP contribution in [0.3, 0.4) is 0 Å². The maximum Gasteiger partial charge on any atom is 0.266 e. The van der Waals surface area contributed by atoms with E-state index in [1.54, 1.807) is 54.6 Å². The van der Waals surface area contributed by atoms with Gasteiger partial charge in [-0.05, 0) is 54.7 Å². The number of rotatable bonds is 7. The topological polar surface area (TPSA) is 109 Å². The van der Waals surface area contributed by atoms with Gasteiger partial charge in [-0.2, -0.15) is 0 Å². The molecule has 0 aromatic heterocycles. The molecule has 1 heterocycles. The number of imide groups is 1. The van der Waals surface area contributed by atoms with Gasteiger partial charge in [0, 0.05) is 5.56 Å². The zero-order valence-electron chi connectivity index (χ0n) is 20.5. The number of ether oxygens (including phenoxy) is 2. The highest BCUT2D eigenvalue weighted by Gasteiger charge is 2.38. The number of thiocarbonyl (C=S) groups is 1. The second-order valence-corrected chi connectivity index (χ2v) is 10.9. The van der Waals surface area contributed by atoms with Crippen molar-refractivity contribution in [3.8, 4) is 11.5 Å². The van der Waals surface area contributed by atoms with E-state index in [0.717, 1.165) is 4.90 Å². The van der Waals surface area contributed by atoms with E-state index >= 15 is 0 Å². The molecular formula is C26H21Cl3N4O5S. The summed E-state index contributed by atoms with van der Waals surface area (Å²) in [7, 11) is 2.91. The molecule has 0 saturated heterocycles. The number of carbonyl (C=O) groups excluding carboxylic acids is 3. The quantitative estimate of drug-likeness (QED) is 0.150. The van der Waals surface area contributed by atoms with Gasteiger partial charge in [0.1, 0.15) is 6.17 Å². The van der Waals surface area contributed by atoms with E-state index in [1.165, 1.54) is 26.4 Å². The van der Waals surface area contributed by atoms with Crippen molar-refractivity contribution < 1.29 is 23.9 Å². The first-order valence-electron chi connectivity index (χ1n) is 11.3. The molecule has 0 spiro atoms. The van der Waals surface area contributed by atoms with Crippen molar-refractivity contribution in [2.75, 3.05) is 24.4 Å². The number of fused-ring (bicyclic) bond motifs is 1. The Bertz CT molecular complexity index is 1430. The molecule has 9 nitrogen and oxygen atoms in total. The van der Waals surface area contributed by atoms with Gasteiger partial charge in [0.05, 0.1) is 36.7 Å². The molecule has 3 aromatic rings. The smallest absolute Gasteiger partial charge is 0.266 e. The van der Waals surface area contributed by atoms with Crippen molar-refractivity contribution in [2.24, 2.45) is 0 Å². The van der Waals surface area contributed by atoms with Crippen molar-refractivity contribution in [3.63, 3.8) is 0 Å². The Morgan fingerprint density at radius 3 is 2.05 bits per heavy atom. The van der Waals surface area contributed by atoms with Crippen LogP contribution in [0.25, 0.3) is 0 Å². The predicted molar refractivity (Wildman–Crippen MR) is 154 cm³/mol. The lowest BCUT2D eigenvalue weighted by molar-refractivity contribution is 0.0918. The molecule has 3 amide bonds. The highest BCUT2D eigenvalue weighted by molar-refractivity contribution is 7.80. The molecule has 1 aliphatic rings. The van der Waals surface area contributed by atoms with Crippen LogP contribution in [0, 0.1) is 0 Å². The van der Waals surface area contributed by atoms with E-state index in [2.05, 4.69) is 16.0 Å². The molecule has 1 unspecified atom stereocenters. The SMILES string of the molecule is COc1ccc(C(=O)NC(NC(=S)Nc2ccccc2N2C(=O)c3ccccc3C2=O)C(Cl)(Cl)Cl)cc1OC. The van der Waals surface area contributed by atoms with Crippen LogP contribution in [0.2, 0.25) is 0 Å². The van der Waals surface area contributed by atoms with Crippen molar-refractivity contribution in [3.05, 3.63) is 83.4 Å². The van der Waals surface area contributed by atoms with Crippen LogP contribution in [-0.4, -0.2) is 47.0 Å². The molecule has 13 heteroatoms. The maximum atomic E-state index is 13.0. The third-order valence-corrected chi connectivity index (χ3v) is 6.59. The third-order valence-electron chi connectivity index (χ3n) is 5.71. The number of nitrogens with zero attached hydrogens (tertiary/aromatic N) is 1. The minimum atomic E-state index is -2.03. The number of nitrogens with one attached hydrogen (secondary N) is 3. The molecule has 0 bridgehead atoms. The number of para-hydroxylation sites is 2.